The van der Waals surface area contributed by atoms with Crippen LogP contribution >= 0.6 is 11.3 Å². The zero-order chi connectivity index (χ0) is 35.1. The Bertz CT molecular complexity index is 1560. The van der Waals surface area contributed by atoms with E-state index in [1.54, 1.807) is 11.0 Å². The molecule has 0 radical (unpaired) electrons. The molecule has 3 fully saturated rings. The Kier molecular flexibility index (Phi) is 9.97. The van der Waals surface area contributed by atoms with E-state index in [2.05, 4.69) is 26.9 Å². The van der Waals surface area contributed by atoms with Crippen molar-refractivity contribution in [3.8, 4) is 0 Å². The molecule has 0 aromatic carbocycles. The zero-order valence-electron chi connectivity index (χ0n) is 29.5. The molecule has 6 rings (SSSR count). The average molecular weight is 697 g/mol. The van der Waals surface area contributed by atoms with E-state index in [-0.39, 0.29) is 23.9 Å². The second-order valence-corrected chi connectivity index (χ2v) is 16.1. The number of anilines is 4. The van der Waals surface area contributed by atoms with Gasteiger partial charge in [0.25, 0.3) is 0 Å². The summed E-state index contributed by atoms with van der Waals surface area (Å²) >= 11 is 1.45. The number of aryl methyl sites for hydroxylation is 1. The number of nitrogen functional groups attached to an aromatic ring is 2. The smallest absolute Gasteiger partial charge is 0.410 e. The maximum absolute atomic E-state index is 14.0. The van der Waals surface area contributed by atoms with Crippen LogP contribution in [0.15, 0.2) is 6.07 Å². The summed E-state index contributed by atoms with van der Waals surface area (Å²) in [5.74, 6) is 0.790. The summed E-state index contributed by atoms with van der Waals surface area (Å²) in [5.41, 5.74) is 12.7. The number of ether oxygens (including phenoxy) is 2. The molecule has 4 aliphatic rings. The first-order valence-electron chi connectivity index (χ1n) is 17.5. The Morgan fingerprint density at radius 2 is 1.88 bits per heavy atom. The normalized spacial score (nSPS) is 25.1. The lowest BCUT2D eigenvalue weighted by molar-refractivity contribution is -0.125. The number of rotatable bonds is 5. The third-order valence-corrected chi connectivity index (χ3v) is 11.3. The number of nitrogens with two attached hydrogens (primary N) is 2. The standard InChI is InChI=1S/C34H52N10O4S/c1-21-19-43(22-9-17-47-20-22)11-7-12-44(21)31-38-23(18-25(39-31)41-13-15-42(16-14-41)32(46)48-33(2,3)4)28(36)40-30(45)34(5)10-6-8-24-26(34)27(35)29(37)49-24/h18,21-22H,6-17,19-20,35,37H2,1-5H3,(H2,36,40,45)/t21-,22?,34-/m0/s1. The molecule has 3 atom stereocenters. The molecular weight excluding hydrogens is 645 g/mol. The van der Waals surface area contributed by atoms with Gasteiger partial charge in [-0.15, -0.1) is 11.3 Å². The summed E-state index contributed by atoms with van der Waals surface area (Å²) in [6.45, 7) is 15.8. The summed E-state index contributed by atoms with van der Waals surface area (Å²) in [5, 5.41) is 12.6. The van der Waals surface area contributed by atoms with Gasteiger partial charge in [0.05, 0.1) is 17.7 Å². The number of nitrogens with one attached hydrogen (secondary N) is 2. The van der Waals surface area contributed by atoms with Crippen LogP contribution in [0.25, 0.3) is 0 Å². The number of hydrogen-bond acceptors (Lipinski definition) is 13. The third-order valence-electron chi connectivity index (χ3n) is 10.2. The molecule has 268 valence electrons. The number of hydrogen-bond donors (Lipinski definition) is 4. The molecule has 15 heteroatoms. The van der Waals surface area contributed by atoms with Crippen molar-refractivity contribution in [2.45, 2.75) is 89.8 Å². The Balaban J connectivity index is 1.26. The minimum Gasteiger partial charge on any atom is -0.444 e. The fourth-order valence-corrected chi connectivity index (χ4v) is 8.64. The number of thiophene rings is 1. The molecule has 3 saturated heterocycles. The minimum atomic E-state index is -0.915. The SMILES string of the molecule is C[C@H]1CN(C2CCOC2)CCCN1c1nc(C(=N)NC(=O)[C@@]2(C)CCCc3sc(N)c(N)c32)cc(N2CCN(C(=O)OC(C)(C)C)CC2)n1. The van der Waals surface area contributed by atoms with E-state index in [4.69, 9.17) is 36.3 Å². The summed E-state index contributed by atoms with van der Waals surface area (Å²) in [6, 6.07) is 2.31. The topological polar surface area (TPSA) is 179 Å². The molecule has 1 unspecified atom stereocenters. The fourth-order valence-electron chi connectivity index (χ4n) is 7.48. The van der Waals surface area contributed by atoms with Crippen molar-refractivity contribution >= 4 is 51.6 Å². The zero-order valence-corrected chi connectivity index (χ0v) is 30.3. The van der Waals surface area contributed by atoms with Crippen LogP contribution in [0.5, 0.6) is 0 Å². The minimum absolute atomic E-state index is 0.0929. The van der Waals surface area contributed by atoms with Gasteiger partial charge < -0.3 is 41.0 Å². The van der Waals surface area contributed by atoms with E-state index in [1.165, 1.54) is 11.3 Å². The number of fused-ring (bicyclic) bond motifs is 1. The maximum Gasteiger partial charge on any atom is 0.410 e. The second-order valence-electron chi connectivity index (χ2n) is 15.0. The molecule has 2 aromatic heterocycles. The van der Waals surface area contributed by atoms with E-state index < -0.39 is 11.0 Å². The number of carbonyl (C=O) groups is 2. The molecule has 2 aromatic rings. The molecular formula is C34H52N10O4S. The summed E-state index contributed by atoms with van der Waals surface area (Å²) < 4.78 is 11.3. The van der Waals surface area contributed by atoms with Crippen LogP contribution in [0.3, 0.4) is 0 Å². The van der Waals surface area contributed by atoms with Gasteiger partial charge in [0, 0.05) is 81.0 Å². The van der Waals surface area contributed by atoms with Gasteiger partial charge in [0.1, 0.15) is 22.1 Å². The Morgan fingerprint density at radius 1 is 1.12 bits per heavy atom. The van der Waals surface area contributed by atoms with Crippen molar-refractivity contribution in [3.05, 3.63) is 22.2 Å². The van der Waals surface area contributed by atoms with Crippen LogP contribution < -0.4 is 26.6 Å². The first-order valence-corrected chi connectivity index (χ1v) is 18.3. The van der Waals surface area contributed by atoms with Crippen molar-refractivity contribution < 1.29 is 19.1 Å². The van der Waals surface area contributed by atoms with E-state index >= 15 is 0 Å². The molecule has 2 amide bonds. The number of amides is 2. The van der Waals surface area contributed by atoms with Crippen LogP contribution in [0, 0.1) is 5.41 Å². The average Bonchev–Trinajstić information content (AvgIpc) is 3.64. The predicted octanol–water partition coefficient (Wildman–Crippen LogP) is 3.18. The van der Waals surface area contributed by atoms with Gasteiger partial charge in [-0.3, -0.25) is 15.1 Å². The maximum atomic E-state index is 14.0. The number of carbonyl (C=O) groups excluding carboxylic acids is 2. The summed E-state index contributed by atoms with van der Waals surface area (Å²) in [7, 11) is 0. The van der Waals surface area contributed by atoms with Crippen LogP contribution in [0.4, 0.5) is 27.2 Å². The van der Waals surface area contributed by atoms with Crippen LogP contribution in [0.2, 0.25) is 0 Å². The third kappa shape index (κ3) is 7.43. The van der Waals surface area contributed by atoms with Crippen molar-refractivity contribution in [2.24, 2.45) is 0 Å². The van der Waals surface area contributed by atoms with Gasteiger partial charge in [0.2, 0.25) is 11.9 Å². The summed E-state index contributed by atoms with van der Waals surface area (Å²) in [4.78, 5) is 46.3. The van der Waals surface area contributed by atoms with E-state index in [9.17, 15) is 9.59 Å². The molecule has 6 N–H and O–H groups in total. The number of nitrogens with zero attached hydrogens (tertiary/aromatic N) is 6. The van der Waals surface area contributed by atoms with Crippen molar-refractivity contribution in [3.63, 3.8) is 0 Å². The fraction of sp³-hybridized carbons (Fsp3) is 0.676. The molecule has 49 heavy (non-hydrogen) atoms. The quantitative estimate of drug-likeness (QED) is 0.267. The van der Waals surface area contributed by atoms with E-state index in [0.717, 1.165) is 69.0 Å². The molecule has 0 spiro atoms. The van der Waals surface area contributed by atoms with Crippen molar-refractivity contribution in [2.75, 3.05) is 80.3 Å². The van der Waals surface area contributed by atoms with E-state index in [1.807, 2.05) is 27.7 Å². The lowest BCUT2D eigenvalue weighted by Crippen LogP contribution is -2.50. The van der Waals surface area contributed by atoms with Crippen LogP contribution in [0.1, 0.15) is 76.4 Å². The van der Waals surface area contributed by atoms with Crippen LogP contribution in [-0.4, -0.2) is 114 Å². The molecule has 0 saturated carbocycles. The van der Waals surface area contributed by atoms with Gasteiger partial charge >= 0.3 is 6.09 Å². The lowest BCUT2D eigenvalue weighted by atomic mass is 9.72. The Hall–Kier alpha value is -3.69. The highest BCUT2D eigenvalue weighted by atomic mass is 32.1. The highest BCUT2D eigenvalue weighted by Gasteiger charge is 2.43. The largest absolute Gasteiger partial charge is 0.444 e. The molecule has 14 nitrogen and oxygen atoms in total. The van der Waals surface area contributed by atoms with Gasteiger partial charge in [-0.05, 0) is 66.7 Å². The molecule has 3 aliphatic heterocycles. The highest BCUT2D eigenvalue weighted by Crippen LogP contribution is 2.47. The molecule has 5 heterocycles. The molecule has 1 aliphatic carbocycles. The van der Waals surface area contributed by atoms with Gasteiger partial charge in [-0.1, -0.05) is 0 Å². The Morgan fingerprint density at radius 3 is 2.57 bits per heavy atom. The number of piperazine rings is 1. The van der Waals surface area contributed by atoms with Gasteiger partial charge in [0.15, 0.2) is 5.84 Å². The van der Waals surface area contributed by atoms with Gasteiger partial charge in [-0.25, -0.2) is 9.78 Å². The van der Waals surface area contributed by atoms with Crippen molar-refractivity contribution in [1.29, 1.82) is 5.41 Å². The van der Waals surface area contributed by atoms with Crippen molar-refractivity contribution in [1.82, 2.24) is 25.1 Å². The van der Waals surface area contributed by atoms with Crippen LogP contribution in [-0.2, 0) is 26.1 Å². The molecule has 0 bridgehead atoms. The predicted molar refractivity (Wildman–Crippen MR) is 193 cm³/mol. The monoisotopic (exact) mass is 696 g/mol. The second kappa shape index (κ2) is 13.9. The van der Waals surface area contributed by atoms with E-state index in [0.29, 0.717) is 66.8 Å². The summed E-state index contributed by atoms with van der Waals surface area (Å²) in [6.07, 6.45) is 3.93. The van der Waals surface area contributed by atoms with Gasteiger partial charge in [-0.2, -0.15) is 4.98 Å². The first kappa shape index (κ1) is 35.1. The Labute approximate surface area is 293 Å². The highest BCUT2D eigenvalue weighted by molar-refractivity contribution is 7.16. The lowest BCUT2D eigenvalue weighted by Gasteiger charge is -2.37. The first-order chi connectivity index (χ1) is 23.2. The number of aromatic nitrogens is 2. The number of amidine groups is 1.